The van der Waals surface area contributed by atoms with E-state index in [0.717, 1.165) is 11.3 Å². The van der Waals surface area contributed by atoms with Gasteiger partial charge in [0, 0.05) is 34.6 Å². The molecule has 0 radical (unpaired) electrons. The normalized spacial score (nSPS) is 10.8. The third-order valence-corrected chi connectivity index (χ3v) is 2.75. The fourth-order valence-corrected chi connectivity index (χ4v) is 1.92. The standard InChI is InChI=1S/C14H12N2/c1-10-4-5-11-8-14(16-13(11)7-10)12-3-2-6-15-9-12/h2-9,16H,1H3. The maximum absolute atomic E-state index is 4.13. The molecule has 0 unspecified atom stereocenters. The smallest absolute Gasteiger partial charge is 0.0480 e. The minimum absolute atomic E-state index is 1.12. The summed E-state index contributed by atoms with van der Waals surface area (Å²) >= 11 is 0. The van der Waals surface area contributed by atoms with Crippen molar-refractivity contribution in [2.24, 2.45) is 0 Å². The number of rotatable bonds is 1. The minimum Gasteiger partial charge on any atom is -0.354 e. The van der Waals surface area contributed by atoms with Crippen molar-refractivity contribution in [1.82, 2.24) is 9.97 Å². The van der Waals surface area contributed by atoms with Crippen LogP contribution in [0.2, 0.25) is 0 Å². The second kappa shape index (κ2) is 3.49. The van der Waals surface area contributed by atoms with Gasteiger partial charge in [-0.15, -0.1) is 0 Å². The molecule has 78 valence electrons. The van der Waals surface area contributed by atoms with E-state index in [9.17, 15) is 0 Å². The van der Waals surface area contributed by atoms with Gasteiger partial charge in [0.1, 0.15) is 0 Å². The third kappa shape index (κ3) is 1.48. The number of fused-ring (bicyclic) bond motifs is 1. The van der Waals surface area contributed by atoms with Crippen molar-refractivity contribution < 1.29 is 0 Å². The lowest BCUT2D eigenvalue weighted by atomic mass is 10.1. The van der Waals surface area contributed by atoms with Crippen molar-refractivity contribution in [1.29, 1.82) is 0 Å². The lowest BCUT2D eigenvalue weighted by Crippen LogP contribution is -1.77. The fraction of sp³-hybridized carbons (Fsp3) is 0.0714. The molecule has 0 spiro atoms. The number of hydrogen-bond donors (Lipinski definition) is 1. The van der Waals surface area contributed by atoms with E-state index in [4.69, 9.17) is 0 Å². The predicted octanol–water partition coefficient (Wildman–Crippen LogP) is 3.54. The Morgan fingerprint density at radius 2 is 2.06 bits per heavy atom. The van der Waals surface area contributed by atoms with Crippen molar-refractivity contribution in [3.05, 3.63) is 54.4 Å². The molecule has 2 heteroatoms. The van der Waals surface area contributed by atoms with E-state index in [2.05, 4.69) is 47.2 Å². The van der Waals surface area contributed by atoms with Gasteiger partial charge in [0.2, 0.25) is 0 Å². The van der Waals surface area contributed by atoms with Crippen LogP contribution in [0.1, 0.15) is 5.56 Å². The molecule has 2 nitrogen and oxygen atoms in total. The Morgan fingerprint density at radius 1 is 1.12 bits per heavy atom. The number of nitrogens with one attached hydrogen (secondary N) is 1. The van der Waals surface area contributed by atoms with Crippen molar-refractivity contribution in [2.75, 3.05) is 0 Å². The Morgan fingerprint density at radius 3 is 2.88 bits per heavy atom. The van der Waals surface area contributed by atoms with E-state index in [1.54, 1.807) is 6.20 Å². The summed E-state index contributed by atoms with van der Waals surface area (Å²) in [6, 6.07) is 12.6. The molecule has 16 heavy (non-hydrogen) atoms. The largest absolute Gasteiger partial charge is 0.354 e. The molecule has 0 saturated carbocycles. The molecule has 0 bridgehead atoms. The van der Waals surface area contributed by atoms with Gasteiger partial charge in [-0.25, -0.2) is 0 Å². The van der Waals surface area contributed by atoms with Crippen LogP contribution in [0.5, 0.6) is 0 Å². The van der Waals surface area contributed by atoms with Crippen LogP contribution in [0, 0.1) is 6.92 Å². The number of nitrogens with zero attached hydrogens (tertiary/aromatic N) is 1. The summed E-state index contributed by atoms with van der Waals surface area (Å²) in [7, 11) is 0. The zero-order chi connectivity index (χ0) is 11.0. The number of hydrogen-bond acceptors (Lipinski definition) is 1. The van der Waals surface area contributed by atoms with Crippen LogP contribution in [-0.2, 0) is 0 Å². The lowest BCUT2D eigenvalue weighted by Gasteiger charge is -1.94. The number of H-pyrrole nitrogens is 1. The number of aromatic amines is 1. The summed E-state index contributed by atoms with van der Waals surface area (Å²) in [6.07, 6.45) is 3.66. The molecule has 0 aliphatic rings. The van der Waals surface area contributed by atoms with Gasteiger partial charge < -0.3 is 4.98 Å². The zero-order valence-electron chi connectivity index (χ0n) is 9.07. The molecule has 3 rings (SSSR count). The van der Waals surface area contributed by atoms with Crippen molar-refractivity contribution in [2.45, 2.75) is 6.92 Å². The number of aromatic nitrogens is 2. The maximum Gasteiger partial charge on any atom is 0.0480 e. The van der Waals surface area contributed by atoms with Gasteiger partial charge in [-0.1, -0.05) is 12.1 Å². The first-order valence-corrected chi connectivity index (χ1v) is 5.33. The highest BCUT2D eigenvalue weighted by atomic mass is 14.7. The summed E-state index contributed by atoms with van der Waals surface area (Å²) in [5.74, 6) is 0. The van der Waals surface area contributed by atoms with Gasteiger partial charge in [0.05, 0.1) is 0 Å². The van der Waals surface area contributed by atoms with Crippen molar-refractivity contribution in [3.63, 3.8) is 0 Å². The summed E-state index contributed by atoms with van der Waals surface area (Å²) in [5.41, 5.74) is 4.69. The molecule has 3 aromatic rings. The Labute approximate surface area is 94.0 Å². The Kier molecular flexibility index (Phi) is 2.00. The summed E-state index contributed by atoms with van der Waals surface area (Å²) in [5, 5.41) is 1.24. The van der Waals surface area contributed by atoms with Gasteiger partial charge >= 0.3 is 0 Å². The van der Waals surface area contributed by atoms with Crippen molar-refractivity contribution in [3.8, 4) is 11.3 Å². The Hall–Kier alpha value is -2.09. The van der Waals surface area contributed by atoms with Gasteiger partial charge in [-0.2, -0.15) is 0 Å². The molecule has 1 aromatic carbocycles. The molecule has 0 aliphatic heterocycles. The van der Waals surface area contributed by atoms with E-state index >= 15 is 0 Å². The van der Waals surface area contributed by atoms with Crippen LogP contribution in [0.25, 0.3) is 22.2 Å². The number of aryl methyl sites for hydroxylation is 1. The van der Waals surface area contributed by atoms with Gasteiger partial charge in [0.25, 0.3) is 0 Å². The van der Waals surface area contributed by atoms with E-state index < -0.39 is 0 Å². The molecule has 0 atom stereocenters. The van der Waals surface area contributed by atoms with Crippen molar-refractivity contribution >= 4 is 10.9 Å². The number of benzene rings is 1. The highest BCUT2D eigenvalue weighted by Crippen LogP contribution is 2.23. The summed E-state index contributed by atoms with van der Waals surface area (Å²) < 4.78 is 0. The molecular formula is C14H12N2. The highest BCUT2D eigenvalue weighted by molar-refractivity contribution is 5.86. The van der Waals surface area contributed by atoms with E-state index in [-0.39, 0.29) is 0 Å². The molecule has 0 amide bonds. The molecule has 2 heterocycles. The van der Waals surface area contributed by atoms with Crippen LogP contribution in [-0.4, -0.2) is 9.97 Å². The SMILES string of the molecule is Cc1ccc2cc(-c3cccnc3)[nH]c2c1. The van der Waals surface area contributed by atoms with Crippen LogP contribution in [0.3, 0.4) is 0 Å². The first-order valence-electron chi connectivity index (χ1n) is 5.33. The summed E-state index contributed by atoms with van der Waals surface area (Å²) in [6.45, 7) is 2.10. The Balaban J connectivity index is 2.19. The molecule has 0 aliphatic carbocycles. The van der Waals surface area contributed by atoms with E-state index in [0.29, 0.717) is 0 Å². The van der Waals surface area contributed by atoms with E-state index in [1.807, 2.05) is 12.3 Å². The van der Waals surface area contributed by atoms with Crippen LogP contribution in [0.4, 0.5) is 0 Å². The maximum atomic E-state index is 4.13. The quantitative estimate of drug-likeness (QED) is 0.651. The van der Waals surface area contributed by atoms with Gasteiger partial charge in [0.15, 0.2) is 0 Å². The third-order valence-electron chi connectivity index (χ3n) is 2.75. The second-order valence-electron chi connectivity index (χ2n) is 4.02. The molecule has 2 aromatic heterocycles. The average molecular weight is 208 g/mol. The summed E-state index contributed by atoms with van der Waals surface area (Å²) in [4.78, 5) is 7.54. The lowest BCUT2D eigenvalue weighted by molar-refractivity contribution is 1.31. The monoisotopic (exact) mass is 208 g/mol. The topological polar surface area (TPSA) is 28.7 Å². The number of pyridine rings is 1. The average Bonchev–Trinajstić information content (AvgIpc) is 2.73. The molecule has 0 fully saturated rings. The molecule has 0 saturated heterocycles. The van der Waals surface area contributed by atoms with Crippen LogP contribution in [0.15, 0.2) is 48.8 Å². The predicted molar refractivity (Wildman–Crippen MR) is 66.3 cm³/mol. The fourth-order valence-electron chi connectivity index (χ4n) is 1.92. The first kappa shape index (κ1) is 9.16. The first-order chi connectivity index (χ1) is 7.83. The molecular weight excluding hydrogens is 196 g/mol. The van der Waals surface area contributed by atoms with Crippen LogP contribution < -0.4 is 0 Å². The van der Waals surface area contributed by atoms with Crippen LogP contribution >= 0.6 is 0 Å². The van der Waals surface area contributed by atoms with E-state index in [1.165, 1.54) is 16.5 Å². The second-order valence-corrected chi connectivity index (χ2v) is 4.02. The minimum atomic E-state index is 1.12. The molecule has 1 N–H and O–H groups in total. The van der Waals surface area contributed by atoms with Gasteiger partial charge in [-0.3, -0.25) is 4.98 Å². The van der Waals surface area contributed by atoms with Gasteiger partial charge in [-0.05, 0) is 36.8 Å². The zero-order valence-corrected chi connectivity index (χ0v) is 9.07. The highest BCUT2D eigenvalue weighted by Gasteiger charge is 2.02. The Bertz CT molecular complexity index is 624.